The summed E-state index contributed by atoms with van der Waals surface area (Å²) in [6, 6.07) is 15.0. The van der Waals surface area contributed by atoms with Gasteiger partial charge in [-0.15, -0.1) is 0 Å². The van der Waals surface area contributed by atoms with Crippen LogP contribution in [0.1, 0.15) is 18.9 Å². The van der Waals surface area contributed by atoms with Crippen molar-refractivity contribution in [2.24, 2.45) is 0 Å². The second-order valence-electron chi connectivity index (χ2n) is 4.52. The molecule has 0 spiro atoms. The van der Waals surface area contributed by atoms with Crippen molar-refractivity contribution in [1.29, 1.82) is 0 Å². The Morgan fingerprint density at radius 1 is 1.00 bits per heavy atom. The maximum absolute atomic E-state index is 10.9. The van der Waals surface area contributed by atoms with Gasteiger partial charge in [0.15, 0.2) is 0 Å². The Morgan fingerprint density at radius 3 is 2.05 bits per heavy atom. The molecule has 19 heavy (non-hydrogen) atoms. The van der Waals surface area contributed by atoms with E-state index in [-0.39, 0.29) is 5.78 Å². The van der Waals surface area contributed by atoms with Gasteiger partial charge in [0.05, 0.1) is 0 Å². The van der Waals surface area contributed by atoms with E-state index in [9.17, 15) is 4.79 Å². The first-order valence-electron chi connectivity index (χ1n) is 6.25. The van der Waals surface area contributed by atoms with Gasteiger partial charge in [0.2, 0.25) is 0 Å². The molecule has 0 aromatic heterocycles. The molecule has 0 saturated heterocycles. The summed E-state index contributed by atoms with van der Waals surface area (Å²) in [7, 11) is 0. The molecule has 3 nitrogen and oxygen atoms in total. The minimum absolute atomic E-state index is 0.210. The van der Waals surface area contributed by atoms with Crippen LogP contribution in [0.15, 0.2) is 48.5 Å². The average Bonchev–Trinajstić information content (AvgIpc) is 2.40. The Hall–Kier alpha value is -2.29. The molecule has 0 aliphatic carbocycles. The smallest absolute Gasteiger partial charge is 0.130 e. The van der Waals surface area contributed by atoms with Gasteiger partial charge in [-0.25, -0.2) is 0 Å². The van der Waals surface area contributed by atoms with E-state index >= 15 is 0 Å². The lowest BCUT2D eigenvalue weighted by Crippen LogP contribution is -1.94. The van der Waals surface area contributed by atoms with E-state index in [1.807, 2.05) is 36.4 Å². The van der Waals surface area contributed by atoms with Crippen LogP contribution >= 0.6 is 0 Å². The first-order chi connectivity index (χ1) is 9.13. The van der Waals surface area contributed by atoms with Gasteiger partial charge in [0.1, 0.15) is 17.3 Å². The fourth-order valence-electron chi connectivity index (χ4n) is 1.72. The fourth-order valence-corrected chi connectivity index (χ4v) is 1.72. The summed E-state index contributed by atoms with van der Waals surface area (Å²) in [4.78, 5) is 10.9. The van der Waals surface area contributed by atoms with Gasteiger partial charge >= 0.3 is 0 Å². The lowest BCUT2D eigenvalue weighted by atomic mass is 10.1. The topological polar surface area (TPSA) is 52.3 Å². The number of nitrogen functional groups attached to an aromatic ring is 1. The van der Waals surface area contributed by atoms with Crippen molar-refractivity contribution in [2.45, 2.75) is 19.8 Å². The summed E-state index contributed by atoms with van der Waals surface area (Å²) in [5.41, 5.74) is 7.47. The highest BCUT2D eigenvalue weighted by molar-refractivity contribution is 5.75. The number of carbonyl (C=O) groups is 1. The molecule has 98 valence electrons. The number of ketones is 1. The zero-order chi connectivity index (χ0) is 13.7. The van der Waals surface area contributed by atoms with E-state index in [2.05, 4.69) is 0 Å². The van der Waals surface area contributed by atoms with E-state index in [0.29, 0.717) is 12.1 Å². The highest BCUT2D eigenvalue weighted by Gasteiger charge is 1.99. The van der Waals surface area contributed by atoms with Gasteiger partial charge in [0.25, 0.3) is 0 Å². The van der Waals surface area contributed by atoms with Crippen molar-refractivity contribution >= 4 is 11.5 Å². The molecule has 0 bridgehead atoms. The number of anilines is 1. The number of hydrogen-bond donors (Lipinski definition) is 1. The molecule has 2 aromatic carbocycles. The highest BCUT2D eigenvalue weighted by Crippen LogP contribution is 2.22. The summed E-state index contributed by atoms with van der Waals surface area (Å²) in [5.74, 6) is 1.74. The summed E-state index contributed by atoms with van der Waals surface area (Å²) >= 11 is 0. The van der Waals surface area contributed by atoms with Crippen LogP contribution in [-0.2, 0) is 11.2 Å². The molecular weight excluding hydrogens is 238 g/mol. The van der Waals surface area contributed by atoms with Gasteiger partial charge < -0.3 is 15.3 Å². The van der Waals surface area contributed by atoms with E-state index < -0.39 is 0 Å². The van der Waals surface area contributed by atoms with Crippen molar-refractivity contribution in [2.75, 3.05) is 5.73 Å². The predicted octanol–water partition coefficient (Wildman–Crippen LogP) is 3.58. The average molecular weight is 255 g/mol. The van der Waals surface area contributed by atoms with Crippen molar-refractivity contribution in [3.8, 4) is 11.5 Å². The summed E-state index contributed by atoms with van der Waals surface area (Å²) in [5, 5.41) is 0. The maximum atomic E-state index is 10.9. The molecule has 0 saturated carbocycles. The Bertz CT molecular complexity index is 544. The molecule has 3 heteroatoms. The number of ether oxygens (including phenoxy) is 1. The Balaban J connectivity index is 1.98. The fraction of sp³-hybridized carbons (Fsp3) is 0.188. The van der Waals surface area contributed by atoms with Gasteiger partial charge in [-0.05, 0) is 55.3 Å². The summed E-state index contributed by atoms with van der Waals surface area (Å²) < 4.78 is 5.69. The van der Waals surface area contributed by atoms with Crippen LogP contribution in [0.25, 0.3) is 0 Å². The van der Waals surface area contributed by atoms with E-state index in [1.54, 1.807) is 19.1 Å². The lowest BCUT2D eigenvalue weighted by Gasteiger charge is -2.07. The normalized spacial score (nSPS) is 10.2. The van der Waals surface area contributed by atoms with Crippen molar-refractivity contribution in [3.05, 3.63) is 54.1 Å². The van der Waals surface area contributed by atoms with E-state index in [0.717, 1.165) is 23.5 Å². The third-order valence-corrected chi connectivity index (χ3v) is 2.80. The molecule has 0 fully saturated rings. The zero-order valence-corrected chi connectivity index (χ0v) is 10.9. The number of Topliss-reactive ketones (excluding diaryl/α,β-unsaturated/α-hetero) is 1. The molecule has 0 unspecified atom stereocenters. The predicted molar refractivity (Wildman–Crippen MR) is 76.4 cm³/mol. The molecule has 0 aliphatic heterocycles. The molecule has 0 amide bonds. The number of benzene rings is 2. The molecule has 2 aromatic rings. The Morgan fingerprint density at radius 2 is 1.53 bits per heavy atom. The van der Waals surface area contributed by atoms with Crippen molar-refractivity contribution in [3.63, 3.8) is 0 Å². The Labute approximate surface area is 113 Å². The largest absolute Gasteiger partial charge is 0.457 e. The van der Waals surface area contributed by atoms with E-state index in [4.69, 9.17) is 10.5 Å². The van der Waals surface area contributed by atoms with Crippen LogP contribution in [-0.4, -0.2) is 5.78 Å². The number of hydrogen-bond acceptors (Lipinski definition) is 3. The number of aryl methyl sites for hydroxylation is 1. The van der Waals surface area contributed by atoms with E-state index in [1.165, 1.54) is 0 Å². The Kier molecular flexibility index (Phi) is 4.18. The first-order valence-corrected chi connectivity index (χ1v) is 6.25. The minimum atomic E-state index is 0.210. The molecule has 2 rings (SSSR count). The van der Waals surface area contributed by atoms with Crippen LogP contribution in [0.2, 0.25) is 0 Å². The standard InChI is InChI=1S/C16H17NO2/c1-12(18)2-3-13-4-8-15(9-5-13)19-16-10-6-14(17)7-11-16/h4-11H,2-3,17H2,1H3. The minimum Gasteiger partial charge on any atom is -0.457 e. The highest BCUT2D eigenvalue weighted by atomic mass is 16.5. The molecule has 0 aliphatic rings. The SMILES string of the molecule is CC(=O)CCc1ccc(Oc2ccc(N)cc2)cc1. The lowest BCUT2D eigenvalue weighted by molar-refractivity contribution is -0.116. The van der Waals surface area contributed by atoms with Gasteiger partial charge in [-0.2, -0.15) is 0 Å². The van der Waals surface area contributed by atoms with Gasteiger partial charge in [-0.1, -0.05) is 12.1 Å². The molecule has 0 atom stereocenters. The first kappa shape index (κ1) is 13.1. The van der Waals surface area contributed by atoms with Crippen LogP contribution in [0.4, 0.5) is 5.69 Å². The summed E-state index contributed by atoms with van der Waals surface area (Å²) in [6.45, 7) is 1.61. The molecule has 2 N–H and O–H groups in total. The summed E-state index contributed by atoms with van der Waals surface area (Å²) in [6.07, 6.45) is 1.36. The molecular formula is C16H17NO2. The third-order valence-electron chi connectivity index (χ3n) is 2.80. The number of rotatable bonds is 5. The van der Waals surface area contributed by atoms with Crippen LogP contribution < -0.4 is 10.5 Å². The number of nitrogens with two attached hydrogens (primary N) is 1. The van der Waals surface area contributed by atoms with Crippen LogP contribution in [0.3, 0.4) is 0 Å². The zero-order valence-electron chi connectivity index (χ0n) is 10.9. The molecule has 0 radical (unpaired) electrons. The van der Waals surface area contributed by atoms with Crippen molar-refractivity contribution < 1.29 is 9.53 Å². The number of carbonyl (C=O) groups excluding carboxylic acids is 1. The maximum Gasteiger partial charge on any atom is 0.130 e. The van der Waals surface area contributed by atoms with Gasteiger partial charge in [-0.3, -0.25) is 0 Å². The second-order valence-corrected chi connectivity index (χ2v) is 4.52. The quantitative estimate of drug-likeness (QED) is 0.831. The van der Waals surface area contributed by atoms with Gasteiger partial charge in [0, 0.05) is 12.1 Å². The second kappa shape index (κ2) is 6.05. The third kappa shape index (κ3) is 4.14. The monoisotopic (exact) mass is 255 g/mol. The van der Waals surface area contributed by atoms with Crippen LogP contribution in [0, 0.1) is 0 Å². The van der Waals surface area contributed by atoms with Crippen molar-refractivity contribution in [1.82, 2.24) is 0 Å². The molecule has 0 heterocycles. The van der Waals surface area contributed by atoms with Crippen LogP contribution in [0.5, 0.6) is 11.5 Å².